The van der Waals surface area contributed by atoms with E-state index in [1.54, 1.807) is 13.1 Å². The summed E-state index contributed by atoms with van der Waals surface area (Å²) >= 11 is 0. The number of nitrogens with one attached hydrogen (secondary N) is 1. The normalized spacial score (nSPS) is 20.0. The Labute approximate surface area is 119 Å². The van der Waals surface area contributed by atoms with Crippen LogP contribution in [0.15, 0.2) is 29.7 Å². The van der Waals surface area contributed by atoms with Crippen LogP contribution in [0.5, 0.6) is 0 Å². The lowest BCUT2D eigenvalue weighted by atomic mass is 10.2. The Balaban J connectivity index is 2.01. The lowest BCUT2D eigenvalue weighted by Crippen LogP contribution is -2.35. The number of likely N-dealkylation sites (tertiary alicyclic amines) is 1. The van der Waals surface area contributed by atoms with E-state index in [-0.39, 0.29) is 18.4 Å². The van der Waals surface area contributed by atoms with E-state index in [1.807, 2.05) is 31.2 Å². The number of amides is 1. The summed E-state index contributed by atoms with van der Waals surface area (Å²) in [5, 5.41) is 1.14. The summed E-state index contributed by atoms with van der Waals surface area (Å²) in [5.74, 6) is -0.0415. The fourth-order valence-electron chi connectivity index (χ4n) is 2.06. The van der Waals surface area contributed by atoms with Gasteiger partial charge in [0.15, 0.2) is 0 Å². The number of benzene rings is 1. The molecule has 0 spiro atoms. The van der Waals surface area contributed by atoms with Crippen molar-refractivity contribution in [2.24, 2.45) is 0 Å². The molecule has 0 aliphatic carbocycles. The van der Waals surface area contributed by atoms with Crippen LogP contribution in [0.25, 0.3) is 6.08 Å². The van der Waals surface area contributed by atoms with Gasteiger partial charge in [-0.1, -0.05) is 29.8 Å². The highest BCUT2D eigenvalue weighted by atomic mass is 32.2. The fraction of sp³-hybridized carbons (Fsp3) is 0.357. The highest BCUT2D eigenvalue weighted by Gasteiger charge is 2.29. The van der Waals surface area contributed by atoms with E-state index in [0.717, 1.165) is 16.5 Å². The minimum Gasteiger partial charge on any atom is -0.344 e. The molecular formula is C14H18N2O3S. The van der Waals surface area contributed by atoms with Crippen molar-refractivity contribution >= 4 is 22.0 Å². The Morgan fingerprint density at radius 1 is 1.30 bits per heavy atom. The van der Waals surface area contributed by atoms with Gasteiger partial charge in [-0.15, -0.1) is 0 Å². The van der Waals surface area contributed by atoms with Crippen LogP contribution in [0.4, 0.5) is 0 Å². The van der Waals surface area contributed by atoms with E-state index in [2.05, 4.69) is 4.72 Å². The first-order valence-electron chi connectivity index (χ1n) is 6.37. The third-order valence-corrected chi connectivity index (χ3v) is 4.35. The second kappa shape index (κ2) is 5.76. The zero-order chi connectivity index (χ0) is 14.8. The Bertz CT molecular complexity index is 620. The van der Waals surface area contributed by atoms with Crippen molar-refractivity contribution in [3.05, 3.63) is 40.8 Å². The van der Waals surface area contributed by atoms with E-state index >= 15 is 0 Å². The van der Waals surface area contributed by atoms with Gasteiger partial charge in [-0.3, -0.25) is 4.79 Å². The molecular weight excluding hydrogens is 276 g/mol. The largest absolute Gasteiger partial charge is 0.344 e. The van der Waals surface area contributed by atoms with Crippen molar-refractivity contribution in [1.82, 2.24) is 9.62 Å². The lowest BCUT2D eigenvalue weighted by Gasteiger charge is -2.10. The fourth-order valence-corrected chi connectivity index (χ4v) is 3.10. The summed E-state index contributed by atoms with van der Waals surface area (Å²) in [5.41, 5.74) is 1.94. The molecule has 0 radical (unpaired) electrons. The molecule has 1 atom stereocenters. The third kappa shape index (κ3) is 3.91. The number of carbonyl (C=O) groups excluding carboxylic acids is 1. The topological polar surface area (TPSA) is 66.5 Å². The quantitative estimate of drug-likeness (QED) is 0.905. The van der Waals surface area contributed by atoms with E-state index < -0.39 is 10.0 Å². The van der Waals surface area contributed by atoms with Crippen LogP contribution in [0.1, 0.15) is 17.5 Å². The number of rotatable bonds is 4. The second-order valence-corrected chi connectivity index (χ2v) is 6.65. The molecule has 1 heterocycles. The molecule has 108 valence electrons. The molecule has 0 unspecified atom stereocenters. The first-order valence-corrected chi connectivity index (χ1v) is 7.91. The predicted octanol–water partition coefficient (Wildman–Crippen LogP) is 1.12. The molecule has 1 amide bonds. The van der Waals surface area contributed by atoms with Crippen LogP contribution in [-0.2, 0) is 14.8 Å². The number of likely N-dealkylation sites (N-methyl/N-ethyl adjacent to an activating group) is 1. The van der Waals surface area contributed by atoms with E-state index in [9.17, 15) is 13.2 Å². The lowest BCUT2D eigenvalue weighted by molar-refractivity contribution is -0.126. The van der Waals surface area contributed by atoms with Crippen molar-refractivity contribution in [3.63, 3.8) is 0 Å². The van der Waals surface area contributed by atoms with Crippen molar-refractivity contribution in [3.8, 4) is 0 Å². The second-order valence-electron chi connectivity index (χ2n) is 5.05. The van der Waals surface area contributed by atoms with Crippen LogP contribution >= 0.6 is 0 Å². The molecule has 1 fully saturated rings. The van der Waals surface area contributed by atoms with Gasteiger partial charge in [0.05, 0.1) is 0 Å². The zero-order valence-electron chi connectivity index (χ0n) is 11.5. The highest BCUT2D eigenvalue weighted by molar-refractivity contribution is 7.92. The molecule has 6 heteroatoms. The minimum absolute atomic E-state index is 0.0415. The van der Waals surface area contributed by atoms with E-state index in [1.165, 1.54) is 4.90 Å². The molecule has 5 nitrogen and oxygen atoms in total. The van der Waals surface area contributed by atoms with E-state index in [4.69, 9.17) is 0 Å². The van der Waals surface area contributed by atoms with Crippen LogP contribution < -0.4 is 4.72 Å². The molecule has 0 aromatic heterocycles. The first kappa shape index (κ1) is 14.7. The monoisotopic (exact) mass is 294 g/mol. The van der Waals surface area contributed by atoms with Gasteiger partial charge in [-0.05, 0) is 18.6 Å². The van der Waals surface area contributed by atoms with Gasteiger partial charge in [0.1, 0.15) is 0 Å². The Morgan fingerprint density at radius 3 is 2.50 bits per heavy atom. The number of hydrogen-bond acceptors (Lipinski definition) is 3. The van der Waals surface area contributed by atoms with Gasteiger partial charge in [0.25, 0.3) is 0 Å². The summed E-state index contributed by atoms with van der Waals surface area (Å²) in [6.45, 7) is 2.38. The molecule has 1 aromatic carbocycles. The molecule has 0 saturated carbocycles. The predicted molar refractivity (Wildman–Crippen MR) is 78.3 cm³/mol. The first-order chi connectivity index (χ1) is 9.35. The maximum atomic E-state index is 11.9. The maximum absolute atomic E-state index is 11.9. The number of hydrogen-bond donors (Lipinski definition) is 1. The Morgan fingerprint density at radius 2 is 1.95 bits per heavy atom. The third-order valence-electron chi connectivity index (χ3n) is 3.19. The van der Waals surface area contributed by atoms with Crippen LogP contribution in [0.2, 0.25) is 0 Å². The number of sulfonamides is 1. The SMILES string of the molecule is Cc1ccc(/C=C\S(=O)(=O)N[C@H]2CC(=O)N(C)C2)cc1. The van der Waals surface area contributed by atoms with E-state index in [0.29, 0.717) is 6.54 Å². The summed E-state index contributed by atoms with van der Waals surface area (Å²) in [6.07, 6.45) is 1.76. The number of aryl methyl sites for hydroxylation is 1. The molecule has 0 bridgehead atoms. The van der Waals surface area contributed by atoms with Crippen molar-refractivity contribution < 1.29 is 13.2 Å². The zero-order valence-corrected chi connectivity index (χ0v) is 12.4. The standard InChI is InChI=1S/C14H18N2O3S/c1-11-3-5-12(6-4-11)7-8-20(18,19)15-13-9-14(17)16(2)10-13/h3-8,13,15H,9-10H2,1-2H3/b8-7-/t13-/m0/s1. The molecule has 1 saturated heterocycles. The average Bonchev–Trinajstić information content (AvgIpc) is 2.67. The van der Waals surface area contributed by atoms with Gasteiger partial charge in [-0.25, -0.2) is 13.1 Å². The molecule has 2 rings (SSSR count). The van der Waals surface area contributed by atoms with Crippen LogP contribution in [0, 0.1) is 6.92 Å². The summed E-state index contributed by atoms with van der Waals surface area (Å²) in [6, 6.07) is 7.21. The van der Waals surface area contributed by atoms with Gasteiger partial charge < -0.3 is 4.90 Å². The smallest absolute Gasteiger partial charge is 0.234 e. The molecule has 1 aliphatic rings. The number of nitrogens with zero attached hydrogens (tertiary/aromatic N) is 1. The minimum atomic E-state index is -3.53. The summed E-state index contributed by atoms with van der Waals surface area (Å²) in [7, 11) is -1.86. The Kier molecular flexibility index (Phi) is 4.25. The van der Waals surface area contributed by atoms with Crippen molar-refractivity contribution in [2.45, 2.75) is 19.4 Å². The van der Waals surface area contributed by atoms with Gasteiger partial charge in [-0.2, -0.15) is 0 Å². The number of carbonyl (C=O) groups is 1. The Hall–Kier alpha value is -1.66. The average molecular weight is 294 g/mol. The molecule has 1 aromatic rings. The van der Waals surface area contributed by atoms with Gasteiger partial charge in [0.2, 0.25) is 15.9 Å². The molecule has 1 aliphatic heterocycles. The van der Waals surface area contributed by atoms with Gasteiger partial charge in [0, 0.05) is 31.5 Å². The summed E-state index contributed by atoms with van der Waals surface area (Å²) in [4.78, 5) is 12.9. The van der Waals surface area contributed by atoms with Crippen molar-refractivity contribution in [1.29, 1.82) is 0 Å². The highest BCUT2D eigenvalue weighted by Crippen LogP contribution is 2.11. The molecule has 20 heavy (non-hydrogen) atoms. The van der Waals surface area contributed by atoms with Crippen LogP contribution in [0.3, 0.4) is 0 Å². The summed E-state index contributed by atoms with van der Waals surface area (Å²) < 4.78 is 26.3. The van der Waals surface area contributed by atoms with Crippen LogP contribution in [-0.4, -0.2) is 38.9 Å². The van der Waals surface area contributed by atoms with Crippen molar-refractivity contribution in [2.75, 3.05) is 13.6 Å². The maximum Gasteiger partial charge on any atom is 0.234 e. The van der Waals surface area contributed by atoms with Gasteiger partial charge >= 0.3 is 0 Å². The molecule has 1 N–H and O–H groups in total.